The normalized spacial score (nSPS) is 21.1. The average molecular weight is 275 g/mol. The van der Waals surface area contributed by atoms with Crippen molar-refractivity contribution in [1.82, 2.24) is 0 Å². The van der Waals surface area contributed by atoms with Crippen molar-refractivity contribution in [3.05, 3.63) is 35.9 Å². The van der Waals surface area contributed by atoms with E-state index in [0.29, 0.717) is 11.5 Å². The van der Waals surface area contributed by atoms with Crippen molar-refractivity contribution in [2.45, 2.75) is 19.3 Å². The summed E-state index contributed by atoms with van der Waals surface area (Å²) in [6.07, 6.45) is 3.20. The molecule has 1 aromatic carbocycles. The van der Waals surface area contributed by atoms with E-state index in [-0.39, 0.29) is 5.97 Å². The molecule has 108 valence electrons. The minimum absolute atomic E-state index is 0.381. The van der Waals surface area contributed by atoms with Gasteiger partial charge in [0, 0.05) is 5.92 Å². The van der Waals surface area contributed by atoms with Crippen LogP contribution in [0.2, 0.25) is 0 Å². The molecule has 1 aliphatic rings. The molecule has 1 atom stereocenters. The van der Waals surface area contributed by atoms with Crippen LogP contribution in [0.25, 0.3) is 0 Å². The molecule has 1 saturated carbocycles. The largest absolute Gasteiger partial charge is 0.365 e. The SMILES string of the molecule is C[N+](C)(C)CC1CCC/C1=N\OC(=O)c1ccccc1. The fraction of sp³-hybridized carbons (Fsp3) is 0.500. The third-order valence-electron chi connectivity index (χ3n) is 3.48. The van der Waals surface area contributed by atoms with E-state index >= 15 is 0 Å². The Morgan fingerprint density at radius 2 is 2.00 bits per heavy atom. The molecule has 0 saturated heterocycles. The molecule has 0 heterocycles. The van der Waals surface area contributed by atoms with E-state index in [1.165, 1.54) is 0 Å². The van der Waals surface area contributed by atoms with E-state index in [0.717, 1.165) is 36.0 Å². The summed E-state index contributed by atoms with van der Waals surface area (Å²) in [6.45, 7) is 1.03. The molecule has 1 aromatic rings. The van der Waals surface area contributed by atoms with Crippen LogP contribution in [0.4, 0.5) is 0 Å². The molecule has 20 heavy (non-hydrogen) atoms. The Morgan fingerprint density at radius 3 is 2.65 bits per heavy atom. The number of carbonyl (C=O) groups excluding carboxylic acids is 1. The zero-order chi connectivity index (χ0) is 14.6. The Morgan fingerprint density at radius 1 is 1.30 bits per heavy atom. The summed E-state index contributed by atoms with van der Waals surface area (Å²) >= 11 is 0. The van der Waals surface area contributed by atoms with Crippen molar-refractivity contribution < 1.29 is 14.1 Å². The first-order valence-electron chi connectivity index (χ1n) is 7.09. The number of hydrogen-bond donors (Lipinski definition) is 0. The van der Waals surface area contributed by atoms with Crippen molar-refractivity contribution in [3.8, 4) is 0 Å². The van der Waals surface area contributed by atoms with Crippen LogP contribution in [0, 0.1) is 5.92 Å². The van der Waals surface area contributed by atoms with Gasteiger partial charge < -0.3 is 9.32 Å². The van der Waals surface area contributed by atoms with Gasteiger partial charge in [-0.05, 0) is 31.4 Å². The smallest absolute Gasteiger partial charge is 0.330 e. The maximum Gasteiger partial charge on any atom is 0.365 e. The second-order valence-corrected chi connectivity index (χ2v) is 6.39. The van der Waals surface area contributed by atoms with Crippen LogP contribution in [0.3, 0.4) is 0 Å². The number of carbonyl (C=O) groups is 1. The molecule has 2 rings (SSSR count). The molecule has 1 aliphatic carbocycles. The molecule has 1 unspecified atom stereocenters. The van der Waals surface area contributed by atoms with E-state index in [4.69, 9.17) is 4.84 Å². The van der Waals surface area contributed by atoms with Gasteiger partial charge in [-0.15, -0.1) is 0 Å². The highest BCUT2D eigenvalue weighted by molar-refractivity contribution is 5.92. The highest BCUT2D eigenvalue weighted by Crippen LogP contribution is 2.24. The van der Waals surface area contributed by atoms with Crippen LogP contribution in [-0.4, -0.2) is 43.9 Å². The van der Waals surface area contributed by atoms with Crippen molar-refractivity contribution in [2.24, 2.45) is 11.1 Å². The Labute approximate surface area is 120 Å². The van der Waals surface area contributed by atoms with E-state index in [1.54, 1.807) is 12.1 Å². The fourth-order valence-electron chi connectivity index (χ4n) is 2.61. The van der Waals surface area contributed by atoms with Gasteiger partial charge in [-0.25, -0.2) is 4.79 Å². The monoisotopic (exact) mass is 275 g/mol. The number of hydrogen-bond acceptors (Lipinski definition) is 3. The van der Waals surface area contributed by atoms with Crippen LogP contribution in [0.15, 0.2) is 35.5 Å². The van der Waals surface area contributed by atoms with Gasteiger partial charge in [-0.1, -0.05) is 23.4 Å². The van der Waals surface area contributed by atoms with Crippen LogP contribution in [0.1, 0.15) is 29.6 Å². The first kappa shape index (κ1) is 14.7. The average Bonchev–Trinajstić information content (AvgIpc) is 2.82. The third kappa shape index (κ3) is 4.17. The number of nitrogens with zero attached hydrogens (tertiary/aromatic N) is 2. The van der Waals surface area contributed by atoms with Crippen LogP contribution in [-0.2, 0) is 4.84 Å². The van der Waals surface area contributed by atoms with Crippen molar-refractivity contribution in [2.75, 3.05) is 27.7 Å². The van der Waals surface area contributed by atoms with Crippen LogP contribution < -0.4 is 0 Å². The van der Waals surface area contributed by atoms with Gasteiger partial charge in [-0.3, -0.25) is 0 Å². The Hall–Kier alpha value is -1.68. The summed E-state index contributed by atoms with van der Waals surface area (Å²) < 4.78 is 0.899. The zero-order valence-electron chi connectivity index (χ0n) is 12.5. The fourth-order valence-corrected chi connectivity index (χ4v) is 2.61. The molecule has 0 aliphatic heterocycles. The molecule has 0 N–H and O–H groups in total. The van der Waals surface area contributed by atoms with Gasteiger partial charge in [-0.2, -0.15) is 0 Å². The first-order valence-corrected chi connectivity index (χ1v) is 7.09. The highest BCUT2D eigenvalue weighted by atomic mass is 16.7. The minimum Gasteiger partial charge on any atom is -0.330 e. The van der Waals surface area contributed by atoms with E-state index in [1.807, 2.05) is 18.2 Å². The number of rotatable bonds is 4. The molecular formula is C16H23N2O2+. The molecule has 0 radical (unpaired) electrons. The topological polar surface area (TPSA) is 38.7 Å². The number of benzene rings is 1. The van der Waals surface area contributed by atoms with Gasteiger partial charge in [0.1, 0.15) is 0 Å². The van der Waals surface area contributed by atoms with E-state index in [2.05, 4.69) is 26.3 Å². The Kier molecular flexibility index (Phi) is 4.55. The van der Waals surface area contributed by atoms with E-state index < -0.39 is 0 Å². The highest BCUT2D eigenvalue weighted by Gasteiger charge is 2.28. The summed E-state index contributed by atoms with van der Waals surface area (Å²) in [4.78, 5) is 17.0. The summed E-state index contributed by atoms with van der Waals surface area (Å²) in [7, 11) is 6.52. The lowest BCUT2D eigenvalue weighted by Crippen LogP contribution is -2.40. The summed E-state index contributed by atoms with van der Waals surface area (Å²) in [6, 6.07) is 8.98. The van der Waals surface area contributed by atoms with E-state index in [9.17, 15) is 4.79 Å². The first-order chi connectivity index (χ1) is 9.46. The third-order valence-corrected chi connectivity index (χ3v) is 3.48. The minimum atomic E-state index is -0.381. The Balaban J connectivity index is 1.98. The summed E-state index contributed by atoms with van der Waals surface area (Å²) in [5, 5.41) is 4.12. The van der Waals surface area contributed by atoms with Crippen LogP contribution in [0.5, 0.6) is 0 Å². The summed E-state index contributed by atoms with van der Waals surface area (Å²) in [5.74, 6) is 0.0487. The quantitative estimate of drug-likeness (QED) is 0.481. The molecule has 0 aromatic heterocycles. The summed E-state index contributed by atoms with van der Waals surface area (Å²) in [5.41, 5.74) is 1.57. The molecular weight excluding hydrogens is 252 g/mol. The lowest BCUT2D eigenvalue weighted by atomic mass is 10.1. The molecule has 4 heteroatoms. The van der Waals surface area contributed by atoms with Gasteiger partial charge in [0.2, 0.25) is 0 Å². The van der Waals surface area contributed by atoms with Gasteiger partial charge in [0.15, 0.2) is 0 Å². The lowest BCUT2D eigenvalue weighted by molar-refractivity contribution is -0.872. The number of oxime groups is 1. The second-order valence-electron chi connectivity index (χ2n) is 6.39. The molecule has 1 fully saturated rings. The van der Waals surface area contributed by atoms with Crippen LogP contribution >= 0.6 is 0 Å². The van der Waals surface area contributed by atoms with Crippen molar-refractivity contribution in [1.29, 1.82) is 0 Å². The molecule has 4 nitrogen and oxygen atoms in total. The predicted molar refractivity (Wildman–Crippen MR) is 79.5 cm³/mol. The maximum absolute atomic E-state index is 11.9. The van der Waals surface area contributed by atoms with Crippen molar-refractivity contribution >= 4 is 11.7 Å². The Bertz CT molecular complexity index is 489. The van der Waals surface area contributed by atoms with Crippen molar-refractivity contribution in [3.63, 3.8) is 0 Å². The predicted octanol–water partition coefficient (Wildman–Crippen LogP) is 2.71. The second kappa shape index (κ2) is 6.18. The molecule has 0 spiro atoms. The van der Waals surface area contributed by atoms with Gasteiger partial charge >= 0.3 is 5.97 Å². The molecule has 0 bridgehead atoms. The van der Waals surface area contributed by atoms with Gasteiger partial charge in [0.25, 0.3) is 0 Å². The van der Waals surface area contributed by atoms with Gasteiger partial charge in [0.05, 0.1) is 39.0 Å². The maximum atomic E-state index is 11.9. The molecule has 0 amide bonds. The number of quaternary nitrogens is 1. The standard InChI is InChI=1S/C16H23N2O2/c1-18(2,3)12-14-10-7-11-15(14)17-20-16(19)13-8-5-4-6-9-13/h4-6,8-9,14H,7,10-12H2,1-3H3/q+1/b17-15+. The zero-order valence-corrected chi connectivity index (χ0v) is 12.5. The lowest BCUT2D eigenvalue weighted by Gasteiger charge is -2.27.